The molecule has 4 rings (SSSR count). The smallest absolute Gasteiger partial charge is 1.00 e. The Kier molecular flexibility index (Phi) is 13.8. The number of halogens is 2. The molecule has 0 fully saturated rings. The number of hydrazone groups is 1. The van der Waals surface area contributed by atoms with E-state index in [9.17, 15) is 30.6 Å². The number of phenols is 6. The Balaban J connectivity index is 0.00000561. The first kappa shape index (κ1) is 49.9. The molecule has 7 N–H and O–H groups in total. The first-order valence-corrected chi connectivity index (χ1v) is 19.7. The van der Waals surface area contributed by atoms with Crippen molar-refractivity contribution in [1.82, 2.24) is 5.43 Å². The minimum atomic E-state index is -0.568. The molecule has 3 aromatic carbocycles. The maximum absolute atomic E-state index is 12.2. The Bertz CT molecular complexity index is 2000. The third-order valence-corrected chi connectivity index (χ3v) is 11.0. The van der Waals surface area contributed by atoms with Gasteiger partial charge in [0.1, 0.15) is 0 Å². The van der Waals surface area contributed by atoms with Crippen LogP contribution < -0.4 is 35.4 Å². The predicted molar refractivity (Wildman–Crippen MR) is 221 cm³/mol. The molecule has 0 amide bonds. The molecule has 1 aliphatic heterocycles. The number of allylic oxidation sites excluding steroid dienone is 1. The minimum Gasteiger partial charge on any atom is -1.00 e. The van der Waals surface area contributed by atoms with Gasteiger partial charge in [-0.3, -0.25) is 0 Å². The molecular formula is C45H64Cl2N3O6Ti. The molecular weight excluding hydrogens is 797 g/mol. The molecule has 9 nitrogen and oxygen atoms in total. The predicted octanol–water partition coefficient (Wildman–Crippen LogP) is 4.36. The van der Waals surface area contributed by atoms with Gasteiger partial charge in [-0.05, 0) is 0 Å². The third-order valence-electron chi connectivity index (χ3n) is 10.2. The third kappa shape index (κ3) is 9.32. The molecule has 0 unspecified atom stereocenters. The SMILES string of the molecule is CC(C)(C)c1cc(C(C)(C)C)c(O)c(C2=NN(c3c(O)c(C(C)(C)C)cc(C(C)(C)C)c3O)NC(c3c(O)c(C(C)(C)C)cc(C(C)(C)C)c3O)=[C]2[Ti+2])c1O.[Cl-].[Cl-]. The fourth-order valence-electron chi connectivity index (χ4n) is 6.98. The van der Waals surface area contributed by atoms with E-state index in [0.717, 1.165) is 0 Å². The van der Waals surface area contributed by atoms with Crippen molar-refractivity contribution in [1.29, 1.82) is 0 Å². The summed E-state index contributed by atoms with van der Waals surface area (Å²) in [4.78, 5) is 0. The average Bonchev–Trinajstić information content (AvgIpc) is 2.95. The second-order valence-corrected chi connectivity index (χ2v) is 22.0. The number of hydrogen-bond donors (Lipinski definition) is 7. The molecule has 1 heterocycles. The topological polar surface area (TPSA) is 149 Å². The molecule has 0 saturated heterocycles. The van der Waals surface area contributed by atoms with Crippen LogP contribution in [0.3, 0.4) is 0 Å². The van der Waals surface area contributed by atoms with Gasteiger partial charge in [-0.2, -0.15) is 0 Å². The van der Waals surface area contributed by atoms with Gasteiger partial charge in [0.05, 0.1) is 0 Å². The van der Waals surface area contributed by atoms with E-state index in [4.69, 9.17) is 5.10 Å². The van der Waals surface area contributed by atoms with Gasteiger partial charge in [-0.25, -0.2) is 0 Å². The molecule has 313 valence electrons. The zero-order valence-corrected chi connectivity index (χ0v) is 40.1. The molecule has 0 bridgehead atoms. The average molecular weight is 862 g/mol. The van der Waals surface area contributed by atoms with Crippen LogP contribution in [-0.2, 0) is 52.9 Å². The van der Waals surface area contributed by atoms with E-state index >= 15 is 0 Å². The molecule has 0 aromatic heterocycles. The summed E-state index contributed by atoms with van der Waals surface area (Å²) < 4.78 is 0.381. The first-order chi connectivity index (χ1) is 24.5. The number of rotatable bonds is 3. The number of anilines is 1. The molecule has 0 aliphatic carbocycles. The summed E-state index contributed by atoms with van der Waals surface area (Å²) >= 11 is 1.74. The molecule has 1 aliphatic rings. The Morgan fingerprint density at radius 1 is 0.439 bits per heavy atom. The van der Waals surface area contributed by atoms with Crippen LogP contribution in [0.5, 0.6) is 34.5 Å². The van der Waals surface area contributed by atoms with Crippen LogP contribution in [0, 0.1) is 0 Å². The zero-order chi connectivity index (χ0) is 42.5. The van der Waals surface area contributed by atoms with Crippen molar-refractivity contribution in [3.8, 4) is 34.5 Å². The van der Waals surface area contributed by atoms with Crippen LogP contribution in [0.15, 0.2) is 27.2 Å². The van der Waals surface area contributed by atoms with Crippen LogP contribution >= 0.6 is 0 Å². The quantitative estimate of drug-likeness (QED) is 0.193. The van der Waals surface area contributed by atoms with E-state index in [1.165, 1.54) is 5.12 Å². The number of aromatic hydroxyl groups is 6. The van der Waals surface area contributed by atoms with Crippen molar-refractivity contribution < 1.29 is 75.9 Å². The van der Waals surface area contributed by atoms with E-state index < -0.39 is 32.5 Å². The minimum absolute atomic E-state index is 0. The van der Waals surface area contributed by atoms with Crippen molar-refractivity contribution in [2.75, 3.05) is 5.12 Å². The van der Waals surface area contributed by atoms with Gasteiger partial charge >= 0.3 is 342 Å². The van der Waals surface area contributed by atoms with Crippen LogP contribution in [-0.4, -0.2) is 36.4 Å². The van der Waals surface area contributed by atoms with Gasteiger partial charge in [-0.1, -0.05) is 0 Å². The molecule has 3 aromatic rings. The monoisotopic (exact) mass is 860 g/mol. The van der Waals surface area contributed by atoms with Crippen molar-refractivity contribution in [3.63, 3.8) is 0 Å². The van der Waals surface area contributed by atoms with Crippen molar-refractivity contribution in [3.05, 3.63) is 66.6 Å². The summed E-state index contributed by atoms with van der Waals surface area (Å²) in [6.07, 6.45) is 0. The van der Waals surface area contributed by atoms with Crippen LogP contribution in [0.2, 0.25) is 0 Å². The van der Waals surface area contributed by atoms with E-state index in [-0.39, 0.29) is 87.5 Å². The van der Waals surface area contributed by atoms with E-state index in [1.807, 2.05) is 143 Å². The maximum atomic E-state index is 12.2. The molecule has 0 spiro atoms. The fourth-order valence-corrected chi connectivity index (χ4v) is 7.54. The zero-order valence-electron chi connectivity index (χ0n) is 37.1. The van der Waals surface area contributed by atoms with Gasteiger partial charge in [-0.15, -0.1) is 0 Å². The molecule has 0 saturated carbocycles. The van der Waals surface area contributed by atoms with E-state index in [1.54, 1.807) is 20.4 Å². The summed E-state index contributed by atoms with van der Waals surface area (Å²) in [5.41, 5.74) is 3.74. The number of hydrogen-bond acceptors (Lipinski definition) is 9. The first-order valence-electron chi connectivity index (χ1n) is 18.9. The number of nitrogens with zero attached hydrogens (tertiary/aromatic N) is 2. The van der Waals surface area contributed by atoms with Crippen molar-refractivity contribution in [2.24, 2.45) is 5.10 Å². The number of phenolic OH excluding ortho intramolecular Hbond substituents is 6. The molecule has 57 heavy (non-hydrogen) atoms. The van der Waals surface area contributed by atoms with Crippen molar-refractivity contribution >= 4 is 17.1 Å². The maximum Gasteiger partial charge on any atom is -1.00 e. The Labute approximate surface area is 364 Å². The Morgan fingerprint density at radius 3 is 0.947 bits per heavy atom. The summed E-state index contributed by atoms with van der Waals surface area (Å²) in [5, 5.41) is 79.3. The Hall–Kier alpha value is -3.24. The normalized spacial score (nSPS) is 14.5. The summed E-state index contributed by atoms with van der Waals surface area (Å²) in [7, 11) is 0. The molecule has 0 atom stereocenters. The van der Waals surface area contributed by atoms with E-state index in [0.29, 0.717) is 37.3 Å². The van der Waals surface area contributed by atoms with Gasteiger partial charge in [0.15, 0.2) is 0 Å². The van der Waals surface area contributed by atoms with Gasteiger partial charge < -0.3 is 24.8 Å². The Morgan fingerprint density at radius 2 is 0.684 bits per heavy atom. The summed E-state index contributed by atoms with van der Waals surface area (Å²) in [5.74, 6) is -1.16. The van der Waals surface area contributed by atoms with E-state index in [2.05, 4.69) is 5.43 Å². The number of benzene rings is 3. The van der Waals surface area contributed by atoms with Crippen LogP contribution in [0.4, 0.5) is 5.69 Å². The van der Waals surface area contributed by atoms with Gasteiger partial charge in [0.25, 0.3) is 0 Å². The number of hydrazine groups is 1. The fraction of sp³-hybridized carbons (Fsp3) is 0.533. The standard InChI is InChI=1S/C45H64N3O6.2ClH.Ti/c1-40(2,3)23-19-24(41(4,5)6)35(50)31(34(23)49)29-22-30(32-36(51)25(42(7,8)9)20-26(37(32)52)43(10,11)12)47-48(46-29)33-38(53)27(44(13,14)15)21-28(39(33)54)45(16,17)18;;;/h19-21,46,49-54H,1-18H3;2*1H;/q;;;+2/p-2. The van der Waals surface area contributed by atoms with Gasteiger partial charge in [0, 0.05) is 0 Å². The van der Waals surface area contributed by atoms with Gasteiger partial charge in [0.2, 0.25) is 0 Å². The summed E-state index contributed by atoms with van der Waals surface area (Å²) in [6.45, 7) is 35.5. The summed E-state index contributed by atoms with van der Waals surface area (Å²) in [6, 6.07) is 5.47. The van der Waals surface area contributed by atoms with Crippen LogP contribution in [0.1, 0.15) is 169 Å². The second kappa shape index (κ2) is 15.7. The second-order valence-electron chi connectivity index (χ2n) is 21.2. The number of nitrogens with one attached hydrogen (secondary N) is 1. The molecule has 12 heteroatoms. The van der Waals surface area contributed by atoms with Crippen molar-refractivity contribution in [2.45, 2.75) is 157 Å². The molecule has 0 radical (unpaired) electrons. The van der Waals surface area contributed by atoms with Crippen LogP contribution in [0.25, 0.3) is 5.70 Å². The largest absolute Gasteiger partial charge is 1.00 e.